The molecule has 0 aliphatic carbocycles. The third-order valence-corrected chi connectivity index (χ3v) is 3.70. The second-order valence-electron chi connectivity index (χ2n) is 5.44. The second kappa shape index (κ2) is 10.1. The molecule has 0 bridgehead atoms. The van der Waals surface area contributed by atoms with Crippen LogP contribution in [0.3, 0.4) is 0 Å². The van der Waals surface area contributed by atoms with Crippen LogP contribution in [0.4, 0.5) is 5.69 Å². The molecule has 0 fully saturated rings. The summed E-state index contributed by atoms with van der Waals surface area (Å²) in [7, 11) is 3.08. The highest BCUT2D eigenvalue weighted by atomic mass is 16.5. The van der Waals surface area contributed by atoms with Crippen molar-refractivity contribution in [3.8, 4) is 23.0 Å². The largest absolute Gasteiger partial charge is 0.494 e. The van der Waals surface area contributed by atoms with Gasteiger partial charge >= 0.3 is 0 Å². The van der Waals surface area contributed by atoms with Gasteiger partial charge in [0.15, 0.2) is 17.3 Å². The predicted molar refractivity (Wildman–Crippen MR) is 105 cm³/mol. The van der Waals surface area contributed by atoms with Crippen molar-refractivity contribution in [2.75, 3.05) is 32.8 Å². The second-order valence-corrected chi connectivity index (χ2v) is 5.44. The minimum Gasteiger partial charge on any atom is -0.494 e. The van der Waals surface area contributed by atoms with Crippen LogP contribution in [0, 0.1) is 0 Å². The molecule has 2 rings (SSSR count). The lowest BCUT2D eigenvalue weighted by Gasteiger charge is -2.12. The fourth-order valence-corrected chi connectivity index (χ4v) is 2.45. The number of ether oxygens (including phenoxy) is 4. The van der Waals surface area contributed by atoms with Gasteiger partial charge in [0.25, 0.3) is 0 Å². The van der Waals surface area contributed by atoms with E-state index in [0.29, 0.717) is 36.0 Å². The number of carbonyl (C=O) groups excluding carboxylic acids is 1. The molecular formula is C21H25NO5. The standard InChI is InChI=1S/C21H25NO5/c1-5-26-16-8-10-19(27-6-2)17(14-16)22-12-11-18(23)15-7-9-20(24-3)21(13-15)25-4/h7-14,22H,5-6H2,1-4H3/b12-11+. The molecule has 0 saturated carbocycles. The Labute approximate surface area is 159 Å². The van der Waals surface area contributed by atoms with Crippen LogP contribution < -0.4 is 24.3 Å². The molecule has 0 atom stereocenters. The van der Waals surface area contributed by atoms with Gasteiger partial charge in [-0.2, -0.15) is 0 Å². The number of hydrogen-bond donors (Lipinski definition) is 1. The van der Waals surface area contributed by atoms with Crippen molar-refractivity contribution >= 4 is 11.5 Å². The molecule has 0 amide bonds. The Morgan fingerprint density at radius 2 is 1.63 bits per heavy atom. The quantitative estimate of drug-likeness (QED) is 0.496. The molecule has 0 radical (unpaired) electrons. The molecule has 0 unspecified atom stereocenters. The molecule has 0 spiro atoms. The average molecular weight is 371 g/mol. The minimum atomic E-state index is -0.164. The lowest BCUT2D eigenvalue weighted by Crippen LogP contribution is -2.01. The van der Waals surface area contributed by atoms with Crippen LogP contribution in [-0.2, 0) is 0 Å². The van der Waals surface area contributed by atoms with Crippen molar-refractivity contribution in [1.29, 1.82) is 0 Å². The van der Waals surface area contributed by atoms with Gasteiger partial charge in [-0.05, 0) is 44.2 Å². The maximum absolute atomic E-state index is 12.4. The van der Waals surface area contributed by atoms with Gasteiger partial charge in [-0.1, -0.05) is 0 Å². The number of anilines is 1. The molecule has 0 heterocycles. The number of rotatable bonds is 10. The number of methoxy groups -OCH3 is 2. The van der Waals surface area contributed by atoms with Crippen LogP contribution in [0.2, 0.25) is 0 Å². The zero-order valence-electron chi connectivity index (χ0n) is 16.1. The summed E-state index contributed by atoms with van der Waals surface area (Å²) in [4.78, 5) is 12.4. The first kappa shape index (κ1) is 20.2. The topological polar surface area (TPSA) is 66.0 Å². The Hall–Kier alpha value is -3.15. The van der Waals surface area contributed by atoms with E-state index in [1.807, 2.05) is 32.0 Å². The SMILES string of the molecule is CCOc1ccc(OCC)c(N/C=C/C(=O)c2ccc(OC)c(OC)c2)c1. The molecule has 6 heteroatoms. The highest BCUT2D eigenvalue weighted by Crippen LogP contribution is 2.30. The Morgan fingerprint density at radius 3 is 2.30 bits per heavy atom. The van der Waals surface area contributed by atoms with Crippen molar-refractivity contribution in [3.63, 3.8) is 0 Å². The van der Waals surface area contributed by atoms with Crippen molar-refractivity contribution in [1.82, 2.24) is 0 Å². The lowest BCUT2D eigenvalue weighted by molar-refractivity contribution is 0.104. The normalized spacial score (nSPS) is 10.5. The zero-order valence-corrected chi connectivity index (χ0v) is 16.1. The zero-order chi connectivity index (χ0) is 19.6. The smallest absolute Gasteiger partial charge is 0.187 e. The molecule has 0 aliphatic heterocycles. The summed E-state index contributed by atoms with van der Waals surface area (Å²) in [6.07, 6.45) is 3.02. The Bertz CT molecular complexity index is 801. The highest BCUT2D eigenvalue weighted by molar-refractivity contribution is 6.05. The molecule has 6 nitrogen and oxygen atoms in total. The Morgan fingerprint density at radius 1 is 0.926 bits per heavy atom. The van der Waals surface area contributed by atoms with Crippen LogP contribution in [-0.4, -0.2) is 33.2 Å². The van der Waals surface area contributed by atoms with E-state index in [-0.39, 0.29) is 5.78 Å². The van der Waals surface area contributed by atoms with E-state index in [4.69, 9.17) is 18.9 Å². The third kappa shape index (κ3) is 5.41. The maximum Gasteiger partial charge on any atom is 0.187 e. The summed E-state index contributed by atoms with van der Waals surface area (Å²) in [5.41, 5.74) is 1.22. The molecule has 2 aromatic carbocycles. The summed E-state index contributed by atoms with van der Waals surface area (Å²) in [6.45, 7) is 4.94. The molecule has 0 aromatic heterocycles. The van der Waals surface area contributed by atoms with Crippen LogP contribution in [0.5, 0.6) is 23.0 Å². The van der Waals surface area contributed by atoms with E-state index in [9.17, 15) is 4.79 Å². The summed E-state index contributed by atoms with van der Waals surface area (Å²) in [6, 6.07) is 10.5. The first-order valence-corrected chi connectivity index (χ1v) is 8.72. The van der Waals surface area contributed by atoms with Crippen molar-refractivity contribution in [3.05, 3.63) is 54.2 Å². The van der Waals surface area contributed by atoms with E-state index >= 15 is 0 Å². The highest BCUT2D eigenvalue weighted by Gasteiger charge is 2.09. The number of allylic oxidation sites excluding steroid dienone is 1. The number of benzene rings is 2. The van der Waals surface area contributed by atoms with Gasteiger partial charge in [-0.3, -0.25) is 4.79 Å². The van der Waals surface area contributed by atoms with Gasteiger partial charge in [-0.25, -0.2) is 0 Å². The van der Waals surface area contributed by atoms with E-state index in [2.05, 4.69) is 5.32 Å². The van der Waals surface area contributed by atoms with Crippen molar-refractivity contribution in [2.45, 2.75) is 13.8 Å². The molecule has 0 saturated heterocycles. The van der Waals surface area contributed by atoms with E-state index in [0.717, 1.165) is 11.4 Å². The number of carbonyl (C=O) groups is 1. The summed E-state index contributed by atoms with van der Waals surface area (Å²) in [5, 5.41) is 3.09. The van der Waals surface area contributed by atoms with Gasteiger partial charge in [0, 0.05) is 23.9 Å². The summed E-state index contributed by atoms with van der Waals surface area (Å²) < 4.78 is 21.5. The Balaban J connectivity index is 2.14. The van der Waals surface area contributed by atoms with Gasteiger partial charge in [0.05, 0.1) is 33.1 Å². The fraction of sp³-hybridized carbons (Fsp3) is 0.286. The molecule has 27 heavy (non-hydrogen) atoms. The predicted octanol–water partition coefficient (Wildman–Crippen LogP) is 4.31. The van der Waals surface area contributed by atoms with Crippen LogP contribution in [0.25, 0.3) is 0 Å². The number of nitrogens with one attached hydrogen (secondary N) is 1. The van der Waals surface area contributed by atoms with Crippen LogP contribution in [0.1, 0.15) is 24.2 Å². The first-order chi connectivity index (χ1) is 13.1. The monoisotopic (exact) mass is 371 g/mol. The molecule has 1 N–H and O–H groups in total. The van der Waals surface area contributed by atoms with Crippen molar-refractivity contribution < 1.29 is 23.7 Å². The number of hydrogen-bond acceptors (Lipinski definition) is 6. The summed E-state index contributed by atoms with van der Waals surface area (Å²) in [5.74, 6) is 2.33. The minimum absolute atomic E-state index is 0.164. The van der Waals surface area contributed by atoms with E-state index in [1.165, 1.54) is 13.2 Å². The molecule has 144 valence electrons. The summed E-state index contributed by atoms with van der Waals surface area (Å²) >= 11 is 0. The third-order valence-electron chi connectivity index (χ3n) is 3.70. The van der Waals surface area contributed by atoms with Gasteiger partial charge in [0.1, 0.15) is 11.5 Å². The first-order valence-electron chi connectivity index (χ1n) is 8.72. The van der Waals surface area contributed by atoms with Crippen molar-refractivity contribution in [2.24, 2.45) is 0 Å². The van der Waals surface area contributed by atoms with Gasteiger partial charge in [-0.15, -0.1) is 0 Å². The molecule has 2 aromatic rings. The van der Waals surface area contributed by atoms with E-state index in [1.54, 1.807) is 31.5 Å². The maximum atomic E-state index is 12.4. The average Bonchev–Trinajstić information content (AvgIpc) is 2.69. The Kier molecular flexibility index (Phi) is 7.55. The van der Waals surface area contributed by atoms with Crippen LogP contribution >= 0.6 is 0 Å². The van der Waals surface area contributed by atoms with Gasteiger partial charge < -0.3 is 24.3 Å². The fourth-order valence-electron chi connectivity index (χ4n) is 2.45. The van der Waals surface area contributed by atoms with Gasteiger partial charge in [0.2, 0.25) is 0 Å². The lowest BCUT2D eigenvalue weighted by atomic mass is 10.1. The van der Waals surface area contributed by atoms with E-state index < -0.39 is 0 Å². The number of ketones is 1. The molecular weight excluding hydrogens is 346 g/mol. The molecule has 0 aliphatic rings. The van der Waals surface area contributed by atoms with Crippen LogP contribution in [0.15, 0.2) is 48.7 Å².